The molecule has 2 aromatic heterocycles. The molecule has 3 aromatic rings. The first kappa shape index (κ1) is 13.6. The Morgan fingerprint density at radius 1 is 1.13 bits per heavy atom. The van der Waals surface area contributed by atoms with Crippen LogP contribution in [0.5, 0.6) is 0 Å². The zero-order valence-corrected chi connectivity index (χ0v) is 12.3. The maximum Gasteiger partial charge on any atom is 0.232 e. The summed E-state index contributed by atoms with van der Waals surface area (Å²) in [6, 6.07) is 13.3. The van der Waals surface area contributed by atoms with Gasteiger partial charge in [0.25, 0.3) is 0 Å². The first-order chi connectivity index (χ1) is 11.3. The highest BCUT2D eigenvalue weighted by Crippen LogP contribution is 2.31. The van der Waals surface area contributed by atoms with E-state index < -0.39 is 0 Å². The van der Waals surface area contributed by atoms with Crippen molar-refractivity contribution in [2.24, 2.45) is 0 Å². The molecular weight excluding hydrogens is 292 g/mol. The first-order valence-corrected chi connectivity index (χ1v) is 7.40. The van der Waals surface area contributed by atoms with Crippen LogP contribution in [0.3, 0.4) is 0 Å². The monoisotopic (exact) mass is 306 g/mol. The lowest BCUT2D eigenvalue weighted by Crippen LogP contribution is -2.24. The molecule has 1 amide bonds. The number of carbonyl (C=O) groups is 1. The number of hydrogen-bond donors (Lipinski definition) is 0. The molecule has 114 valence electrons. The number of pyridine rings is 1. The zero-order chi connectivity index (χ0) is 15.6. The van der Waals surface area contributed by atoms with Gasteiger partial charge in [-0.05, 0) is 24.3 Å². The summed E-state index contributed by atoms with van der Waals surface area (Å²) in [7, 11) is 0. The molecule has 4 rings (SSSR count). The van der Waals surface area contributed by atoms with E-state index in [1.165, 1.54) is 0 Å². The molecule has 1 saturated heterocycles. The first-order valence-electron chi connectivity index (χ1n) is 7.40. The summed E-state index contributed by atoms with van der Waals surface area (Å²) in [5.74, 6) is 0.984. The van der Waals surface area contributed by atoms with Crippen molar-refractivity contribution in [1.82, 2.24) is 15.1 Å². The third-order valence-electron chi connectivity index (χ3n) is 3.90. The molecule has 0 unspecified atom stereocenters. The minimum Gasteiger partial charge on any atom is -0.339 e. The molecule has 0 aliphatic carbocycles. The smallest absolute Gasteiger partial charge is 0.232 e. The molecule has 1 fully saturated rings. The van der Waals surface area contributed by atoms with E-state index in [2.05, 4.69) is 15.1 Å². The van der Waals surface area contributed by atoms with Crippen LogP contribution in [0.15, 0.2) is 59.4 Å². The number of hydrogen-bond acceptors (Lipinski definition) is 5. The summed E-state index contributed by atoms with van der Waals surface area (Å²) in [4.78, 5) is 22.5. The van der Waals surface area contributed by atoms with E-state index in [9.17, 15) is 4.79 Å². The zero-order valence-electron chi connectivity index (χ0n) is 12.3. The van der Waals surface area contributed by atoms with Crippen molar-refractivity contribution in [2.75, 3.05) is 11.4 Å². The van der Waals surface area contributed by atoms with Gasteiger partial charge in [-0.15, -0.1) is 0 Å². The summed E-state index contributed by atoms with van der Waals surface area (Å²) in [6.07, 6.45) is 3.76. The Labute approximate surface area is 132 Å². The van der Waals surface area contributed by atoms with Gasteiger partial charge >= 0.3 is 0 Å². The molecule has 0 spiro atoms. The van der Waals surface area contributed by atoms with Crippen molar-refractivity contribution >= 4 is 11.6 Å². The molecular formula is C17H14N4O2. The summed E-state index contributed by atoms with van der Waals surface area (Å²) in [5, 5.41) is 4.00. The van der Waals surface area contributed by atoms with Gasteiger partial charge in [0.1, 0.15) is 0 Å². The predicted molar refractivity (Wildman–Crippen MR) is 83.7 cm³/mol. The van der Waals surface area contributed by atoms with E-state index in [4.69, 9.17) is 4.52 Å². The number of carbonyl (C=O) groups excluding carboxylic acids is 1. The minimum atomic E-state index is -0.0828. The minimum absolute atomic E-state index is 0.0716. The number of nitrogens with zero attached hydrogens (tertiary/aromatic N) is 4. The standard InChI is InChI=1S/C17H14N4O2/c22-15-9-13(11-21(15)14-6-2-1-3-7-14)17-19-16(20-23-17)12-5-4-8-18-10-12/h1-8,10,13H,9,11H2/t13-/m0/s1. The maximum absolute atomic E-state index is 12.3. The molecule has 0 bridgehead atoms. The van der Waals surface area contributed by atoms with Crippen LogP contribution in [0.25, 0.3) is 11.4 Å². The summed E-state index contributed by atoms with van der Waals surface area (Å²) in [5.41, 5.74) is 1.69. The summed E-state index contributed by atoms with van der Waals surface area (Å²) >= 11 is 0. The molecule has 1 atom stereocenters. The highest BCUT2D eigenvalue weighted by molar-refractivity contribution is 5.96. The Morgan fingerprint density at radius 2 is 2.00 bits per heavy atom. The van der Waals surface area contributed by atoms with Gasteiger partial charge in [-0.3, -0.25) is 9.78 Å². The van der Waals surface area contributed by atoms with Gasteiger partial charge in [-0.2, -0.15) is 4.98 Å². The van der Waals surface area contributed by atoms with Crippen LogP contribution >= 0.6 is 0 Å². The average Bonchev–Trinajstić information content (AvgIpc) is 3.23. The van der Waals surface area contributed by atoms with Crippen molar-refractivity contribution < 1.29 is 9.32 Å². The van der Waals surface area contributed by atoms with Gasteiger partial charge in [-0.1, -0.05) is 23.4 Å². The fraction of sp³-hybridized carbons (Fsp3) is 0.176. The van der Waals surface area contributed by atoms with E-state index in [-0.39, 0.29) is 11.8 Å². The summed E-state index contributed by atoms with van der Waals surface area (Å²) < 4.78 is 5.37. The molecule has 1 aliphatic rings. The largest absolute Gasteiger partial charge is 0.339 e. The number of para-hydroxylation sites is 1. The van der Waals surface area contributed by atoms with E-state index in [1.807, 2.05) is 42.5 Å². The Hall–Kier alpha value is -3.02. The molecule has 6 nitrogen and oxygen atoms in total. The Balaban J connectivity index is 1.56. The normalized spacial score (nSPS) is 17.7. The van der Waals surface area contributed by atoms with Crippen LogP contribution in [0, 0.1) is 0 Å². The van der Waals surface area contributed by atoms with Crippen LogP contribution in [0.2, 0.25) is 0 Å². The van der Waals surface area contributed by atoms with Crippen molar-refractivity contribution in [3.8, 4) is 11.4 Å². The number of benzene rings is 1. The van der Waals surface area contributed by atoms with E-state index in [0.29, 0.717) is 24.7 Å². The van der Waals surface area contributed by atoms with Gasteiger partial charge < -0.3 is 9.42 Å². The van der Waals surface area contributed by atoms with Crippen molar-refractivity contribution in [1.29, 1.82) is 0 Å². The van der Waals surface area contributed by atoms with E-state index in [0.717, 1.165) is 11.3 Å². The fourth-order valence-corrected chi connectivity index (χ4v) is 2.74. The number of anilines is 1. The molecule has 0 N–H and O–H groups in total. The van der Waals surface area contributed by atoms with Crippen LogP contribution in [-0.4, -0.2) is 27.6 Å². The van der Waals surface area contributed by atoms with Crippen LogP contribution in [0.1, 0.15) is 18.2 Å². The van der Waals surface area contributed by atoms with Crippen molar-refractivity contribution in [3.05, 3.63) is 60.7 Å². The van der Waals surface area contributed by atoms with E-state index in [1.54, 1.807) is 17.3 Å². The van der Waals surface area contributed by atoms with E-state index >= 15 is 0 Å². The molecule has 23 heavy (non-hydrogen) atoms. The Bertz CT molecular complexity index is 817. The lowest BCUT2D eigenvalue weighted by atomic mass is 10.1. The third-order valence-corrected chi connectivity index (χ3v) is 3.90. The maximum atomic E-state index is 12.3. The topological polar surface area (TPSA) is 72.1 Å². The molecule has 3 heterocycles. The molecule has 1 aliphatic heterocycles. The Kier molecular flexibility index (Phi) is 3.34. The van der Waals surface area contributed by atoms with Crippen LogP contribution in [0.4, 0.5) is 5.69 Å². The molecule has 0 radical (unpaired) electrons. The molecule has 1 aromatic carbocycles. The van der Waals surface area contributed by atoms with Gasteiger partial charge in [0.15, 0.2) is 0 Å². The second kappa shape index (κ2) is 5.64. The van der Waals surface area contributed by atoms with Gasteiger partial charge in [0.2, 0.25) is 17.6 Å². The second-order valence-corrected chi connectivity index (χ2v) is 5.44. The van der Waals surface area contributed by atoms with Crippen LogP contribution in [-0.2, 0) is 4.79 Å². The van der Waals surface area contributed by atoms with Crippen LogP contribution < -0.4 is 4.90 Å². The van der Waals surface area contributed by atoms with Crippen molar-refractivity contribution in [2.45, 2.75) is 12.3 Å². The predicted octanol–water partition coefficient (Wildman–Crippen LogP) is 2.65. The number of amides is 1. The third kappa shape index (κ3) is 2.59. The second-order valence-electron chi connectivity index (χ2n) is 5.44. The number of aromatic nitrogens is 3. The lowest BCUT2D eigenvalue weighted by molar-refractivity contribution is -0.117. The average molecular weight is 306 g/mol. The lowest BCUT2D eigenvalue weighted by Gasteiger charge is -2.15. The quantitative estimate of drug-likeness (QED) is 0.744. The highest BCUT2D eigenvalue weighted by Gasteiger charge is 2.35. The van der Waals surface area contributed by atoms with Gasteiger partial charge in [-0.25, -0.2) is 0 Å². The summed E-state index contributed by atoms with van der Waals surface area (Å²) in [6.45, 7) is 0.553. The Morgan fingerprint density at radius 3 is 2.78 bits per heavy atom. The highest BCUT2D eigenvalue weighted by atomic mass is 16.5. The SMILES string of the molecule is O=C1C[C@H](c2nc(-c3cccnc3)no2)CN1c1ccccc1. The van der Waals surface area contributed by atoms with Gasteiger partial charge in [0.05, 0.1) is 5.92 Å². The van der Waals surface area contributed by atoms with Crippen molar-refractivity contribution in [3.63, 3.8) is 0 Å². The number of rotatable bonds is 3. The fourth-order valence-electron chi connectivity index (χ4n) is 2.74. The molecule has 6 heteroatoms. The van der Waals surface area contributed by atoms with Gasteiger partial charge in [0, 0.05) is 36.6 Å². The molecule has 0 saturated carbocycles.